The molecule has 2 rings (SSSR count). The fourth-order valence-electron chi connectivity index (χ4n) is 3.51. The summed E-state index contributed by atoms with van der Waals surface area (Å²) in [5.41, 5.74) is 12.0. The van der Waals surface area contributed by atoms with Crippen molar-refractivity contribution >= 4 is 6.08 Å². The first-order valence-electron chi connectivity index (χ1n) is 10.3. The van der Waals surface area contributed by atoms with Crippen molar-refractivity contribution in [2.75, 3.05) is 0 Å². The third-order valence-electron chi connectivity index (χ3n) is 5.43. The van der Waals surface area contributed by atoms with Crippen molar-refractivity contribution < 1.29 is 0 Å². The quantitative estimate of drug-likeness (QED) is 0.406. The molecule has 1 aliphatic carbocycles. The van der Waals surface area contributed by atoms with Crippen LogP contribution in [0.1, 0.15) is 56.4 Å². The minimum absolute atomic E-state index is 0.992. The van der Waals surface area contributed by atoms with Gasteiger partial charge < -0.3 is 0 Å². The second-order valence-electron chi connectivity index (χ2n) is 7.58. The Morgan fingerprint density at radius 1 is 1.07 bits per heavy atom. The molecule has 0 atom stereocenters. The molecule has 0 spiro atoms. The minimum Gasteiger partial charge on any atom is -0.0991 e. The van der Waals surface area contributed by atoms with Crippen LogP contribution in [-0.4, -0.2) is 0 Å². The highest BCUT2D eigenvalue weighted by Crippen LogP contribution is 2.33. The lowest BCUT2D eigenvalue weighted by atomic mass is 9.96. The molecule has 28 heavy (non-hydrogen) atoms. The van der Waals surface area contributed by atoms with Gasteiger partial charge in [-0.1, -0.05) is 87.2 Å². The van der Waals surface area contributed by atoms with Gasteiger partial charge in [-0.15, -0.1) is 0 Å². The standard InChI is InChI=1S/C28H34/c1-8-11-24(9-2)15-14-22(6)21(5)12-13-23(7)26-18-27-17-20(4)16-25(10-3)28(27)19-26/h8,11-18H,1,6,9-10,19H2,2-5,7H3/b15-14-,21-12+,23-13+,24-11-. The van der Waals surface area contributed by atoms with E-state index >= 15 is 0 Å². The van der Waals surface area contributed by atoms with Crippen molar-refractivity contribution in [1.82, 2.24) is 0 Å². The summed E-state index contributed by atoms with van der Waals surface area (Å²) in [4.78, 5) is 0. The van der Waals surface area contributed by atoms with Crippen LogP contribution in [0.25, 0.3) is 6.08 Å². The average molecular weight is 371 g/mol. The molecule has 0 fully saturated rings. The number of hydrogen-bond acceptors (Lipinski definition) is 0. The first kappa shape index (κ1) is 21.7. The second kappa shape index (κ2) is 10.1. The summed E-state index contributed by atoms with van der Waals surface area (Å²) in [6.45, 7) is 18.9. The predicted octanol–water partition coefficient (Wildman–Crippen LogP) is 8.02. The Labute approximate surface area is 172 Å². The van der Waals surface area contributed by atoms with E-state index in [1.54, 1.807) is 0 Å². The van der Waals surface area contributed by atoms with Gasteiger partial charge in [0, 0.05) is 0 Å². The molecule has 0 heteroatoms. The molecule has 0 bridgehead atoms. The summed E-state index contributed by atoms with van der Waals surface area (Å²) in [7, 11) is 0. The van der Waals surface area contributed by atoms with Crippen molar-refractivity contribution in [3.8, 4) is 0 Å². The second-order valence-corrected chi connectivity index (χ2v) is 7.58. The SMILES string of the molecule is C=C/C=C(\C=C/C(=C)/C(C)=C/C=C(\C)C1=Cc2cc(C)cc(CC)c2C1)CC. The number of fused-ring (bicyclic) bond motifs is 1. The summed E-state index contributed by atoms with van der Waals surface area (Å²) in [6, 6.07) is 4.64. The molecule has 0 aliphatic heterocycles. The highest BCUT2D eigenvalue weighted by atomic mass is 14.2. The molecule has 0 radical (unpaired) electrons. The molecule has 0 amide bonds. The molecule has 146 valence electrons. The first-order valence-corrected chi connectivity index (χ1v) is 10.3. The van der Waals surface area contributed by atoms with Gasteiger partial charge in [0.25, 0.3) is 0 Å². The summed E-state index contributed by atoms with van der Waals surface area (Å²) in [5.74, 6) is 0. The molecule has 0 N–H and O–H groups in total. The molecule has 0 saturated carbocycles. The van der Waals surface area contributed by atoms with Crippen molar-refractivity contribution in [2.45, 2.75) is 53.9 Å². The van der Waals surface area contributed by atoms with Crippen LogP contribution in [0.5, 0.6) is 0 Å². The molecule has 0 aromatic heterocycles. The summed E-state index contributed by atoms with van der Waals surface area (Å²) >= 11 is 0. The summed E-state index contributed by atoms with van der Waals surface area (Å²) in [5, 5.41) is 0. The zero-order chi connectivity index (χ0) is 20.7. The Kier molecular flexibility index (Phi) is 7.81. The van der Waals surface area contributed by atoms with Gasteiger partial charge in [0.1, 0.15) is 0 Å². The smallest absolute Gasteiger partial charge is 0.00143 e. The van der Waals surface area contributed by atoms with Gasteiger partial charge >= 0.3 is 0 Å². The molecule has 0 heterocycles. The van der Waals surface area contributed by atoms with Crippen molar-refractivity contribution in [3.05, 3.63) is 112 Å². The number of aryl methyl sites for hydroxylation is 2. The van der Waals surface area contributed by atoms with Gasteiger partial charge in [-0.2, -0.15) is 0 Å². The average Bonchev–Trinajstić information content (AvgIpc) is 3.11. The van der Waals surface area contributed by atoms with Gasteiger partial charge in [0.2, 0.25) is 0 Å². The molecular weight excluding hydrogens is 336 g/mol. The van der Waals surface area contributed by atoms with Crippen LogP contribution in [0.4, 0.5) is 0 Å². The lowest BCUT2D eigenvalue weighted by molar-refractivity contribution is 1.06. The normalized spacial score (nSPS) is 15.0. The Bertz CT molecular complexity index is 908. The molecule has 1 aromatic carbocycles. The monoisotopic (exact) mass is 370 g/mol. The van der Waals surface area contributed by atoms with E-state index in [1.165, 1.54) is 44.5 Å². The Morgan fingerprint density at radius 3 is 2.46 bits per heavy atom. The van der Waals surface area contributed by atoms with Crippen molar-refractivity contribution in [2.24, 2.45) is 0 Å². The van der Waals surface area contributed by atoms with Gasteiger partial charge in [-0.3, -0.25) is 0 Å². The molecule has 0 nitrogen and oxygen atoms in total. The number of benzene rings is 1. The minimum atomic E-state index is 0.992. The maximum atomic E-state index is 4.21. The van der Waals surface area contributed by atoms with Crippen LogP contribution in [0.15, 0.2) is 89.6 Å². The van der Waals surface area contributed by atoms with Crippen LogP contribution in [0.2, 0.25) is 0 Å². The lowest BCUT2D eigenvalue weighted by Gasteiger charge is -2.08. The topological polar surface area (TPSA) is 0 Å². The van der Waals surface area contributed by atoms with E-state index in [4.69, 9.17) is 0 Å². The predicted molar refractivity (Wildman–Crippen MR) is 127 cm³/mol. The van der Waals surface area contributed by atoms with E-state index in [2.05, 4.69) is 90.3 Å². The first-order chi connectivity index (χ1) is 13.4. The number of rotatable bonds is 8. The van der Waals surface area contributed by atoms with E-state index in [-0.39, 0.29) is 0 Å². The van der Waals surface area contributed by atoms with Crippen LogP contribution in [0, 0.1) is 6.92 Å². The fourth-order valence-corrected chi connectivity index (χ4v) is 3.51. The van der Waals surface area contributed by atoms with Crippen molar-refractivity contribution in [3.63, 3.8) is 0 Å². The number of allylic oxidation sites excluding steroid dienone is 11. The Morgan fingerprint density at radius 2 is 1.82 bits per heavy atom. The molecule has 0 saturated heterocycles. The molecule has 1 aromatic rings. The van der Waals surface area contributed by atoms with E-state index in [1.807, 2.05) is 12.2 Å². The van der Waals surface area contributed by atoms with Gasteiger partial charge in [0.15, 0.2) is 0 Å². The highest BCUT2D eigenvalue weighted by molar-refractivity contribution is 5.70. The Hall–Kier alpha value is -2.60. The molecule has 1 aliphatic rings. The van der Waals surface area contributed by atoms with E-state index in [9.17, 15) is 0 Å². The van der Waals surface area contributed by atoms with Crippen LogP contribution in [-0.2, 0) is 12.8 Å². The summed E-state index contributed by atoms with van der Waals surface area (Å²) < 4.78 is 0. The van der Waals surface area contributed by atoms with Crippen molar-refractivity contribution in [1.29, 1.82) is 0 Å². The zero-order valence-electron chi connectivity index (χ0n) is 18.2. The Balaban J connectivity index is 2.14. The maximum Gasteiger partial charge on any atom is -0.00143 e. The van der Waals surface area contributed by atoms with Gasteiger partial charge in [-0.25, -0.2) is 0 Å². The van der Waals surface area contributed by atoms with Crippen LogP contribution >= 0.6 is 0 Å². The van der Waals surface area contributed by atoms with Gasteiger partial charge in [0.05, 0.1) is 0 Å². The van der Waals surface area contributed by atoms with Crippen LogP contribution in [0.3, 0.4) is 0 Å². The van der Waals surface area contributed by atoms with E-state index < -0.39 is 0 Å². The highest BCUT2D eigenvalue weighted by Gasteiger charge is 2.16. The largest absolute Gasteiger partial charge is 0.0991 e. The summed E-state index contributed by atoms with van der Waals surface area (Å²) in [6.07, 6.45) is 18.0. The lowest BCUT2D eigenvalue weighted by Crippen LogP contribution is -1.95. The van der Waals surface area contributed by atoms with E-state index in [0.717, 1.165) is 24.8 Å². The maximum absolute atomic E-state index is 4.21. The molecular formula is C28H34. The number of hydrogen-bond donors (Lipinski definition) is 0. The third-order valence-corrected chi connectivity index (χ3v) is 5.43. The molecule has 0 unspecified atom stereocenters. The van der Waals surface area contributed by atoms with Gasteiger partial charge in [-0.05, 0) is 84.6 Å². The fraction of sp³-hybridized carbons (Fsp3) is 0.286. The van der Waals surface area contributed by atoms with E-state index in [0.29, 0.717) is 0 Å². The third kappa shape index (κ3) is 5.45. The van der Waals surface area contributed by atoms with Crippen LogP contribution < -0.4 is 0 Å². The zero-order valence-corrected chi connectivity index (χ0v) is 18.2.